The lowest BCUT2D eigenvalue weighted by Crippen LogP contribution is -2.39. The van der Waals surface area contributed by atoms with Crippen molar-refractivity contribution < 1.29 is 19.0 Å². The molecule has 4 rings (SSSR count). The van der Waals surface area contributed by atoms with Gasteiger partial charge in [0.15, 0.2) is 6.10 Å². The molecule has 1 saturated heterocycles. The molecule has 138 valence electrons. The van der Waals surface area contributed by atoms with Crippen LogP contribution in [0.4, 0.5) is 9.18 Å². The summed E-state index contributed by atoms with van der Waals surface area (Å²) in [7, 11) is 0. The van der Waals surface area contributed by atoms with Gasteiger partial charge in [-0.05, 0) is 49.1 Å². The van der Waals surface area contributed by atoms with Crippen LogP contribution in [0.25, 0.3) is 0 Å². The molecule has 2 atom stereocenters. The van der Waals surface area contributed by atoms with Gasteiger partial charge in [0.25, 0.3) is 0 Å². The van der Waals surface area contributed by atoms with E-state index in [1.807, 2.05) is 13.0 Å². The third-order valence-electron chi connectivity index (χ3n) is 4.90. The Labute approximate surface area is 156 Å². The SMILES string of the molecule is CC1(O)CC(C#Cc2cncc([C@H]3NC(=O)O[C@@H]3c3cccc(F)c3)c2)C1. The summed E-state index contributed by atoms with van der Waals surface area (Å²) in [5.74, 6) is 6.03. The minimum Gasteiger partial charge on any atom is -0.439 e. The van der Waals surface area contributed by atoms with Crippen molar-refractivity contribution >= 4 is 6.09 Å². The predicted octanol–water partition coefficient (Wildman–Crippen LogP) is 3.26. The molecule has 1 amide bonds. The average molecular weight is 366 g/mol. The second kappa shape index (κ2) is 6.67. The van der Waals surface area contributed by atoms with Gasteiger partial charge in [-0.25, -0.2) is 9.18 Å². The van der Waals surface area contributed by atoms with Gasteiger partial charge in [-0.2, -0.15) is 0 Å². The van der Waals surface area contributed by atoms with Crippen molar-refractivity contribution in [2.75, 3.05) is 0 Å². The number of amides is 1. The van der Waals surface area contributed by atoms with E-state index in [9.17, 15) is 14.3 Å². The molecule has 1 saturated carbocycles. The maximum absolute atomic E-state index is 13.6. The first-order chi connectivity index (χ1) is 12.9. The minimum atomic E-state index is -0.639. The van der Waals surface area contributed by atoms with Gasteiger partial charge >= 0.3 is 6.09 Å². The molecule has 6 heteroatoms. The minimum absolute atomic E-state index is 0.179. The molecule has 5 nitrogen and oxygen atoms in total. The molecular formula is C21H19FN2O3. The van der Waals surface area contributed by atoms with Crippen molar-refractivity contribution in [2.24, 2.45) is 5.92 Å². The summed E-state index contributed by atoms with van der Waals surface area (Å²) in [5.41, 5.74) is 1.43. The van der Waals surface area contributed by atoms with Gasteiger partial charge in [0.1, 0.15) is 11.9 Å². The summed E-state index contributed by atoms with van der Waals surface area (Å²) in [6.07, 6.45) is 3.44. The van der Waals surface area contributed by atoms with Crippen LogP contribution in [0.3, 0.4) is 0 Å². The summed E-state index contributed by atoms with van der Waals surface area (Å²) in [6, 6.07) is 7.39. The van der Waals surface area contributed by atoms with E-state index in [-0.39, 0.29) is 11.7 Å². The quantitative estimate of drug-likeness (QED) is 0.801. The Kier molecular flexibility index (Phi) is 4.33. The number of carbonyl (C=O) groups excluding carboxylic acids is 1. The van der Waals surface area contributed by atoms with Crippen LogP contribution in [-0.2, 0) is 4.74 Å². The fourth-order valence-electron chi connectivity index (χ4n) is 3.61. The number of carbonyl (C=O) groups is 1. The molecule has 0 spiro atoms. The second-order valence-electron chi connectivity index (χ2n) is 7.38. The normalized spacial score (nSPS) is 29.1. The number of hydrogen-bond acceptors (Lipinski definition) is 4. The Morgan fingerprint density at radius 3 is 2.85 bits per heavy atom. The Hall–Kier alpha value is -2.91. The summed E-state index contributed by atoms with van der Waals surface area (Å²) in [5, 5.41) is 12.5. The molecule has 0 unspecified atom stereocenters. The highest BCUT2D eigenvalue weighted by atomic mass is 19.1. The van der Waals surface area contributed by atoms with Crippen LogP contribution >= 0.6 is 0 Å². The maximum atomic E-state index is 13.6. The van der Waals surface area contributed by atoms with E-state index in [4.69, 9.17) is 4.74 Å². The van der Waals surface area contributed by atoms with Gasteiger partial charge in [0, 0.05) is 23.9 Å². The van der Waals surface area contributed by atoms with Crippen molar-refractivity contribution in [1.82, 2.24) is 10.3 Å². The van der Waals surface area contributed by atoms with Crippen molar-refractivity contribution in [2.45, 2.75) is 37.5 Å². The topological polar surface area (TPSA) is 71.5 Å². The van der Waals surface area contributed by atoms with E-state index < -0.39 is 23.8 Å². The molecule has 2 N–H and O–H groups in total. The summed E-state index contributed by atoms with van der Waals surface area (Å²) < 4.78 is 18.9. The molecule has 0 bridgehead atoms. The lowest BCUT2D eigenvalue weighted by atomic mass is 9.72. The van der Waals surface area contributed by atoms with Crippen molar-refractivity contribution in [3.8, 4) is 11.8 Å². The van der Waals surface area contributed by atoms with Gasteiger partial charge in [-0.1, -0.05) is 24.0 Å². The standard InChI is InChI=1S/C21H19FN2O3/c1-21(26)9-14(10-21)6-5-13-7-16(12-23-11-13)18-19(27-20(25)24-18)15-3-2-4-17(22)8-15/h2-4,7-8,11-12,14,18-19,26H,9-10H2,1H3,(H,24,25)/t14?,18-,19-,21?/m1/s1. The summed E-state index contributed by atoms with van der Waals surface area (Å²) in [4.78, 5) is 16.0. The summed E-state index contributed by atoms with van der Waals surface area (Å²) >= 11 is 0. The first kappa shape index (κ1) is 17.5. The van der Waals surface area contributed by atoms with Gasteiger partial charge < -0.3 is 15.2 Å². The Morgan fingerprint density at radius 1 is 1.30 bits per heavy atom. The third-order valence-corrected chi connectivity index (χ3v) is 4.90. The number of cyclic esters (lactones) is 1. The van der Waals surface area contributed by atoms with Crippen LogP contribution in [0.1, 0.15) is 48.6 Å². The van der Waals surface area contributed by atoms with Crippen LogP contribution in [0.15, 0.2) is 42.7 Å². The molecule has 2 aliphatic rings. The first-order valence-electron chi connectivity index (χ1n) is 8.81. The van der Waals surface area contributed by atoms with E-state index in [2.05, 4.69) is 22.1 Å². The number of rotatable bonds is 2. The Morgan fingerprint density at radius 2 is 2.11 bits per heavy atom. The number of pyridine rings is 1. The van der Waals surface area contributed by atoms with E-state index >= 15 is 0 Å². The van der Waals surface area contributed by atoms with Crippen LogP contribution in [0, 0.1) is 23.6 Å². The molecule has 1 aromatic carbocycles. The highest BCUT2D eigenvalue weighted by Crippen LogP contribution is 2.38. The van der Waals surface area contributed by atoms with Crippen molar-refractivity contribution in [3.63, 3.8) is 0 Å². The highest BCUT2D eigenvalue weighted by molar-refractivity contribution is 5.71. The molecule has 1 aliphatic heterocycles. The largest absolute Gasteiger partial charge is 0.439 e. The second-order valence-corrected chi connectivity index (χ2v) is 7.38. The fraction of sp³-hybridized carbons (Fsp3) is 0.333. The maximum Gasteiger partial charge on any atom is 0.408 e. The third kappa shape index (κ3) is 3.79. The molecule has 2 heterocycles. The van der Waals surface area contributed by atoms with Gasteiger partial charge in [-0.15, -0.1) is 0 Å². The van der Waals surface area contributed by atoms with Crippen LogP contribution < -0.4 is 5.32 Å². The molecule has 27 heavy (non-hydrogen) atoms. The van der Waals surface area contributed by atoms with Gasteiger partial charge in [0.2, 0.25) is 0 Å². The van der Waals surface area contributed by atoms with E-state index in [0.717, 1.165) is 11.1 Å². The van der Waals surface area contributed by atoms with Crippen molar-refractivity contribution in [3.05, 3.63) is 65.2 Å². The van der Waals surface area contributed by atoms with E-state index in [0.29, 0.717) is 18.4 Å². The zero-order chi connectivity index (χ0) is 19.0. The fourth-order valence-corrected chi connectivity index (χ4v) is 3.61. The number of aromatic nitrogens is 1. The zero-order valence-electron chi connectivity index (χ0n) is 14.8. The Balaban J connectivity index is 1.57. The lowest BCUT2D eigenvalue weighted by Gasteiger charge is -2.37. The van der Waals surface area contributed by atoms with Gasteiger partial charge in [0.05, 0.1) is 5.60 Å². The number of aliphatic hydroxyl groups is 1. The zero-order valence-corrected chi connectivity index (χ0v) is 14.8. The average Bonchev–Trinajstić information content (AvgIpc) is 3.00. The molecule has 1 aliphatic carbocycles. The van der Waals surface area contributed by atoms with E-state index in [1.165, 1.54) is 12.1 Å². The van der Waals surface area contributed by atoms with Gasteiger partial charge in [-0.3, -0.25) is 4.98 Å². The predicted molar refractivity (Wildman–Crippen MR) is 96.0 cm³/mol. The highest BCUT2D eigenvalue weighted by Gasteiger charge is 2.38. The smallest absolute Gasteiger partial charge is 0.408 e. The monoisotopic (exact) mass is 366 g/mol. The summed E-state index contributed by atoms with van der Waals surface area (Å²) in [6.45, 7) is 1.81. The molecule has 2 aromatic rings. The first-order valence-corrected chi connectivity index (χ1v) is 8.81. The number of halogens is 1. The number of ether oxygens (including phenoxy) is 1. The number of nitrogens with one attached hydrogen (secondary N) is 1. The molecule has 0 radical (unpaired) electrons. The van der Waals surface area contributed by atoms with Crippen LogP contribution in [0.2, 0.25) is 0 Å². The molecule has 1 aromatic heterocycles. The lowest BCUT2D eigenvalue weighted by molar-refractivity contribution is -0.0386. The molecule has 2 fully saturated rings. The number of hydrogen-bond donors (Lipinski definition) is 2. The number of nitrogens with zero attached hydrogens (tertiary/aromatic N) is 1. The van der Waals surface area contributed by atoms with Crippen molar-refractivity contribution in [1.29, 1.82) is 0 Å². The number of benzene rings is 1. The molecular weight excluding hydrogens is 347 g/mol. The number of alkyl carbamates (subject to hydrolysis) is 1. The van der Waals surface area contributed by atoms with Crippen LogP contribution in [0.5, 0.6) is 0 Å². The van der Waals surface area contributed by atoms with E-state index in [1.54, 1.807) is 24.5 Å². The Bertz CT molecular complexity index is 940. The van der Waals surface area contributed by atoms with Crippen LogP contribution in [-0.4, -0.2) is 21.8 Å².